The van der Waals surface area contributed by atoms with Crippen LogP contribution < -0.4 is 10.6 Å². The van der Waals surface area contributed by atoms with Gasteiger partial charge < -0.3 is 10.6 Å². The molecule has 0 saturated heterocycles. The first-order chi connectivity index (χ1) is 5.70. The Bertz CT molecular complexity index is 174. The number of carbonyl (C=O) groups excluding carboxylic acids is 1. The third kappa shape index (κ3) is 5.69. The van der Waals surface area contributed by atoms with Gasteiger partial charge in [-0.1, -0.05) is 0 Å². The number of nitrogens with one attached hydrogen (secondary N) is 2. The fourth-order valence-electron chi connectivity index (χ4n) is 0.691. The van der Waals surface area contributed by atoms with E-state index < -0.39 is 0 Å². The lowest BCUT2D eigenvalue weighted by molar-refractivity contribution is -0.120. The van der Waals surface area contributed by atoms with Crippen LogP contribution in [0.4, 0.5) is 0 Å². The van der Waals surface area contributed by atoms with Gasteiger partial charge in [0.2, 0.25) is 5.91 Å². The van der Waals surface area contributed by atoms with Crippen LogP contribution in [0.2, 0.25) is 0 Å². The minimum absolute atomic E-state index is 0.00897. The summed E-state index contributed by atoms with van der Waals surface area (Å²) in [7, 11) is 1.61. The van der Waals surface area contributed by atoms with Crippen LogP contribution in [0.1, 0.15) is 13.3 Å². The molecule has 0 heterocycles. The van der Waals surface area contributed by atoms with Gasteiger partial charge in [-0.05, 0) is 6.92 Å². The average Bonchev–Trinajstić information content (AvgIpc) is 2.11. The van der Waals surface area contributed by atoms with Gasteiger partial charge in [0, 0.05) is 26.6 Å². The second kappa shape index (κ2) is 6.62. The third-order valence-corrected chi connectivity index (χ3v) is 1.48. The van der Waals surface area contributed by atoms with Crippen molar-refractivity contribution in [3.63, 3.8) is 0 Å². The highest BCUT2D eigenvalue weighted by Gasteiger charge is 1.99. The summed E-state index contributed by atoms with van der Waals surface area (Å²) in [4.78, 5) is 10.7. The zero-order valence-electron chi connectivity index (χ0n) is 7.55. The Hall–Kier alpha value is -1.08. The molecule has 4 nitrogen and oxygen atoms in total. The van der Waals surface area contributed by atoms with Gasteiger partial charge in [-0.2, -0.15) is 5.26 Å². The van der Waals surface area contributed by atoms with Crippen LogP contribution in [-0.4, -0.2) is 26.0 Å². The smallest absolute Gasteiger partial charge is 0.221 e. The third-order valence-electron chi connectivity index (χ3n) is 1.48. The molecule has 1 atom stereocenters. The molecule has 0 aromatic heterocycles. The van der Waals surface area contributed by atoms with Gasteiger partial charge in [0.1, 0.15) is 0 Å². The van der Waals surface area contributed by atoms with Crippen LogP contribution in [0.3, 0.4) is 0 Å². The Balaban J connectivity index is 3.23. The summed E-state index contributed by atoms with van der Waals surface area (Å²) < 4.78 is 0. The molecular formula is C8H15N3O. The highest BCUT2D eigenvalue weighted by atomic mass is 16.1. The Labute approximate surface area is 72.9 Å². The molecule has 4 heteroatoms. The Morgan fingerprint density at radius 3 is 2.83 bits per heavy atom. The van der Waals surface area contributed by atoms with Gasteiger partial charge in [-0.25, -0.2) is 0 Å². The largest absolute Gasteiger partial charge is 0.359 e. The highest BCUT2D eigenvalue weighted by molar-refractivity contribution is 5.75. The molecule has 68 valence electrons. The van der Waals surface area contributed by atoms with Crippen LogP contribution in [0.15, 0.2) is 0 Å². The van der Waals surface area contributed by atoms with E-state index in [4.69, 9.17) is 5.26 Å². The van der Waals surface area contributed by atoms with Crippen LogP contribution in [0.25, 0.3) is 0 Å². The average molecular weight is 169 g/mol. The lowest BCUT2D eigenvalue weighted by atomic mass is 10.2. The van der Waals surface area contributed by atoms with Crippen molar-refractivity contribution < 1.29 is 4.79 Å². The SMILES string of the molecule is CNC(=O)CCNCC(C)C#N. The minimum Gasteiger partial charge on any atom is -0.359 e. The molecule has 1 amide bonds. The molecule has 0 bridgehead atoms. The van der Waals surface area contributed by atoms with E-state index in [9.17, 15) is 4.79 Å². The monoisotopic (exact) mass is 169 g/mol. The lowest BCUT2D eigenvalue weighted by Crippen LogP contribution is -2.27. The van der Waals surface area contributed by atoms with Crippen molar-refractivity contribution in [3.05, 3.63) is 0 Å². The van der Waals surface area contributed by atoms with Crippen LogP contribution in [0.5, 0.6) is 0 Å². The van der Waals surface area contributed by atoms with Crippen molar-refractivity contribution in [2.75, 3.05) is 20.1 Å². The lowest BCUT2D eigenvalue weighted by Gasteiger charge is -2.04. The van der Waals surface area contributed by atoms with Crippen LogP contribution in [0, 0.1) is 17.2 Å². The Kier molecular flexibility index (Phi) is 6.02. The van der Waals surface area contributed by atoms with Gasteiger partial charge >= 0.3 is 0 Å². The maximum absolute atomic E-state index is 10.7. The minimum atomic E-state index is 0.00897. The summed E-state index contributed by atoms with van der Waals surface area (Å²) in [6, 6.07) is 2.10. The summed E-state index contributed by atoms with van der Waals surface area (Å²) in [6.45, 7) is 3.12. The van der Waals surface area contributed by atoms with Gasteiger partial charge in [-0.15, -0.1) is 0 Å². The molecule has 0 saturated carbocycles. The first kappa shape index (κ1) is 10.9. The van der Waals surface area contributed by atoms with E-state index in [2.05, 4.69) is 16.7 Å². The maximum Gasteiger partial charge on any atom is 0.221 e. The highest BCUT2D eigenvalue weighted by Crippen LogP contribution is 1.87. The Morgan fingerprint density at radius 2 is 2.33 bits per heavy atom. The number of nitriles is 1. The predicted molar refractivity (Wildman–Crippen MR) is 46.3 cm³/mol. The molecule has 0 aromatic rings. The van der Waals surface area contributed by atoms with E-state index in [1.807, 2.05) is 6.92 Å². The Morgan fingerprint density at radius 1 is 1.67 bits per heavy atom. The second-order valence-corrected chi connectivity index (χ2v) is 2.66. The number of hydrogen-bond donors (Lipinski definition) is 2. The summed E-state index contributed by atoms with van der Waals surface area (Å²) in [5, 5.41) is 14.0. The van der Waals surface area contributed by atoms with E-state index in [0.29, 0.717) is 19.5 Å². The number of nitrogens with zero attached hydrogens (tertiary/aromatic N) is 1. The van der Waals surface area contributed by atoms with Crippen molar-refractivity contribution in [2.24, 2.45) is 5.92 Å². The molecule has 0 spiro atoms. The van der Waals surface area contributed by atoms with E-state index in [1.165, 1.54) is 0 Å². The van der Waals surface area contributed by atoms with Crippen LogP contribution in [-0.2, 0) is 4.79 Å². The summed E-state index contributed by atoms with van der Waals surface area (Å²) >= 11 is 0. The van der Waals surface area contributed by atoms with E-state index in [0.717, 1.165) is 0 Å². The molecule has 0 fully saturated rings. The van der Waals surface area contributed by atoms with E-state index in [1.54, 1.807) is 7.05 Å². The second-order valence-electron chi connectivity index (χ2n) is 2.66. The van der Waals surface area contributed by atoms with E-state index in [-0.39, 0.29) is 11.8 Å². The van der Waals surface area contributed by atoms with Gasteiger partial charge in [0.25, 0.3) is 0 Å². The quantitative estimate of drug-likeness (QED) is 0.563. The van der Waals surface area contributed by atoms with Gasteiger partial charge in [0.05, 0.1) is 12.0 Å². The molecule has 12 heavy (non-hydrogen) atoms. The summed E-state index contributed by atoms with van der Waals surface area (Å²) in [5.41, 5.74) is 0. The maximum atomic E-state index is 10.7. The number of rotatable bonds is 5. The van der Waals surface area contributed by atoms with Gasteiger partial charge in [0.15, 0.2) is 0 Å². The fraction of sp³-hybridized carbons (Fsp3) is 0.750. The van der Waals surface area contributed by atoms with E-state index >= 15 is 0 Å². The topological polar surface area (TPSA) is 64.9 Å². The first-order valence-corrected chi connectivity index (χ1v) is 4.01. The normalized spacial score (nSPS) is 11.8. The van der Waals surface area contributed by atoms with Crippen molar-refractivity contribution in [1.82, 2.24) is 10.6 Å². The predicted octanol–water partition coefficient (Wildman–Crippen LogP) is -0.128. The summed E-state index contributed by atoms with van der Waals surface area (Å²) in [5.74, 6) is 0.0294. The summed E-state index contributed by atoms with van der Waals surface area (Å²) in [6.07, 6.45) is 0.467. The van der Waals surface area contributed by atoms with Gasteiger partial charge in [-0.3, -0.25) is 4.79 Å². The molecule has 2 N–H and O–H groups in total. The standard InChI is InChI=1S/C8H15N3O/c1-7(5-9)6-11-4-3-8(12)10-2/h7,11H,3-4,6H2,1-2H3,(H,10,12). The molecule has 1 unspecified atom stereocenters. The van der Waals surface area contributed by atoms with Crippen molar-refractivity contribution in [3.8, 4) is 6.07 Å². The molecule has 0 aliphatic rings. The number of carbonyl (C=O) groups is 1. The molecule has 0 aromatic carbocycles. The number of amides is 1. The zero-order valence-corrected chi connectivity index (χ0v) is 7.55. The van der Waals surface area contributed by atoms with Crippen molar-refractivity contribution in [2.45, 2.75) is 13.3 Å². The fourth-order valence-corrected chi connectivity index (χ4v) is 0.691. The first-order valence-electron chi connectivity index (χ1n) is 4.01. The molecule has 0 radical (unpaired) electrons. The molecular weight excluding hydrogens is 154 g/mol. The molecule has 0 aliphatic heterocycles. The molecule has 0 rings (SSSR count). The number of hydrogen-bond acceptors (Lipinski definition) is 3. The zero-order chi connectivity index (χ0) is 9.40. The molecule has 0 aliphatic carbocycles. The van der Waals surface area contributed by atoms with Crippen LogP contribution >= 0.6 is 0 Å². The van der Waals surface area contributed by atoms with Crippen molar-refractivity contribution >= 4 is 5.91 Å². The van der Waals surface area contributed by atoms with Crippen molar-refractivity contribution in [1.29, 1.82) is 5.26 Å².